The van der Waals surface area contributed by atoms with Crippen LogP contribution >= 0.6 is 0 Å². The zero-order chi connectivity index (χ0) is 14.9. The number of nitrogens with zero attached hydrogens (tertiary/aromatic N) is 3. The van der Waals surface area contributed by atoms with Crippen LogP contribution in [0.15, 0.2) is 30.6 Å². The SMILES string of the molecule is CC(C)(C)NCC1CCN(c2cccc3nccn23)CC1. The van der Waals surface area contributed by atoms with E-state index in [1.165, 1.54) is 18.7 Å². The molecule has 21 heavy (non-hydrogen) atoms. The van der Waals surface area contributed by atoms with Crippen LogP contribution in [0.3, 0.4) is 0 Å². The average Bonchev–Trinajstić information content (AvgIpc) is 2.93. The molecule has 0 unspecified atom stereocenters. The van der Waals surface area contributed by atoms with Gasteiger partial charge in [-0.15, -0.1) is 0 Å². The predicted octanol–water partition coefficient (Wildman–Crippen LogP) is 2.94. The summed E-state index contributed by atoms with van der Waals surface area (Å²) in [5, 5.41) is 3.64. The number of hydrogen-bond acceptors (Lipinski definition) is 3. The van der Waals surface area contributed by atoms with Gasteiger partial charge >= 0.3 is 0 Å². The maximum atomic E-state index is 4.37. The van der Waals surface area contributed by atoms with Gasteiger partial charge in [-0.2, -0.15) is 0 Å². The number of imidazole rings is 1. The van der Waals surface area contributed by atoms with E-state index in [9.17, 15) is 0 Å². The van der Waals surface area contributed by atoms with Crippen LogP contribution < -0.4 is 10.2 Å². The highest BCUT2D eigenvalue weighted by atomic mass is 15.2. The van der Waals surface area contributed by atoms with Crippen molar-refractivity contribution in [2.75, 3.05) is 24.5 Å². The Labute approximate surface area is 127 Å². The molecule has 3 rings (SSSR count). The first-order chi connectivity index (χ1) is 10.0. The van der Waals surface area contributed by atoms with E-state index in [4.69, 9.17) is 0 Å². The summed E-state index contributed by atoms with van der Waals surface area (Å²) in [6.07, 6.45) is 6.44. The molecule has 114 valence electrons. The zero-order valence-electron chi connectivity index (χ0n) is 13.3. The van der Waals surface area contributed by atoms with E-state index in [1.54, 1.807) is 0 Å². The van der Waals surface area contributed by atoms with Crippen molar-refractivity contribution >= 4 is 11.5 Å². The lowest BCUT2D eigenvalue weighted by Crippen LogP contribution is -2.43. The molecule has 0 radical (unpaired) electrons. The molecule has 0 spiro atoms. The zero-order valence-corrected chi connectivity index (χ0v) is 13.3. The van der Waals surface area contributed by atoms with Gasteiger partial charge in [0.2, 0.25) is 0 Å². The molecule has 0 aromatic carbocycles. The molecular formula is C17H26N4. The molecule has 1 aliphatic rings. The standard InChI is InChI=1S/C17H26N4/c1-17(2,3)19-13-14-7-10-20(11-8-14)16-6-4-5-15-18-9-12-21(15)16/h4-6,9,12,14,19H,7-8,10-11,13H2,1-3H3. The first-order valence-corrected chi connectivity index (χ1v) is 7.95. The second kappa shape index (κ2) is 5.68. The summed E-state index contributed by atoms with van der Waals surface area (Å²) in [7, 11) is 0. The number of hydrogen-bond donors (Lipinski definition) is 1. The average molecular weight is 286 g/mol. The third-order valence-electron chi connectivity index (χ3n) is 4.27. The van der Waals surface area contributed by atoms with Crippen LogP contribution in [0.2, 0.25) is 0 Å². The highest BCUT2D eigenvalue weighted by Gasteiger charge is 2.22. The van der Waals surface area contributed by atoms with Crippen LogP contribution in [-0.2, 0) is 0 Å². The predicted molar refractivity (Wildman–Crippen MR) is 87.9 cm³/mol. The van der Waals surface area contributed by atoms with Crippen molar-refractivity contribution in [3.05, 3.63) is 30.6 Å². The van der Waals surface area contributed by atoms with Gasteiger partial charge in [-0.05, 0) is 58.2 Å². The number of nitrogens with one attached hydrogen (secondary N) is 1. The van der Waals surface area contributed by atoms with Gasteiger partial charge < -0.3 is 10.2 Å². The quantitative estimate of drug-likeness (QED) is 0.941. The number of anilines is 1. The lowest BCUT2D eigenvalue weighted by Gasteiger charge is -2.35. The second-order valence-electron chi connectivity index (χ2n) is 7.10. The van der Waals surface area contributed by atoms with Gasteiger partial charge in [-0.25, -0.2) is 4.98 Å². The minimum atomic E-state index is 0.222. The van der Waals surface area contributed by atoms with Crippen molar-refractivity contribution in [3.63, 3.8) is 0 Å². The monoisotopic (exact) mass is 286 g/mol. The summed E-state index contributed by atoms with van der Waals surface area (Å²) in [6.45, 7) is 10.1. The molecule has 0 bridgehead atoms. The maximum Gasteiger partial charge on any atom is 0.138 e. The van der Waals surface area contributed by atoms with Crippen LogP contribution in [-0.4, -0.2) is 34.6 Å². The van der Waals surface area contributed by atoms with Crippen LogP contribution in [0.5, 0.6) is 0 Å². The van der Waals surface area contributed by atoms with Crippen molar-refractivity contribution in [1.82, 2.24) is 14.7 Å². The summed E-state index contributed by atoms with van der Waals surface area (Å²) in [4.78, 5) is 6.86. The lowest BCUT2D eigenvalue weighted by molar-refractivity contribution is 0.328. The largest absolute Gasteiger partial charge is 0.358 e. The number of pyridine rings is 1. The fourth-order valence-corrected chi connectivity index (χ4v) is 3.01. The molecule has 0 saturated carbocycles. The maximum absolute atomic E-state index is 4.37. The second-order valence-corrected chi connectivity index (χ2v) is 7.10. The van der Waals surface area contributed by atoms with Crippen molar-refractivity contribution in [2.24, 2.45) is 5.92 Å². The van der Waals surface area contributed by atoms with Crippen LogP contribution in [0, 0.1) is 5.92 Å². The van der Waals surface area contributed by atoms with E-state index in [-0.39, 0.29) is 5.54 Å². The van der Waals surface area contributed by atoms with E-state index in [0.717, 1.165) is 31.2 Å². The highest BCUT2D eigenvalue weighted by molar-refractivity contribution is 5.51. The number of rotatable bonds is 3. The molecule has 1 fully saturated rings. The number of piperidine rings is 1. The molecule has 4 heteroatoms. The third kappa shape index (κ3) is 3.38. The van der Waals surface area contributed by atoms with E-state index in [0.29, 0.717) is 0 Å². The van der Waals surface area contributed by atoms with Gasteiger partial charge in [0.15, 0.2) is 0 Å². The molecule has 1 saturated heterocycles. The molecule has 3 heterocycles. The Morgan fingerprint density at radius 1 is 1.24 bits per heavy atom. The van der Waals surface area contributed by atoms with E-state index in [2.05, 4.69) is 64.8 Å². The summed E-state index contributed by atoms with van der Waals surface area (Å²) < 4.78 is 2.19. The van der Waals surface area contributed by atoms with Crippen LogP contribution in [0.4, 0.5) is 5.82 Å². The lowest BCUT2D eigenvalue weighted by atomic mass is 9.95. The van der Waals surface area contributed by atoms with Crippen molar-refractivity contribution in [2.45, 2.75) is 39.2 Å². The van der Waals surface area contributed by atoms with Gasteiger partial charge in [0.05, 0.1) is 0 Å². The fourth-order valence-electron chi connectivity index (χ4n) is 3.01. The smallest absolute Gasteiger partial charge is 0.138 e. The Balaban J connectivity index is 1.62. The summed E-state index contributed by atoms with van der Waals surface area (Å²) in [5.74, 6) is 2.06. The molecule has 0 amide bonds. The summed E-state index contributed by atoms with van der Waals surface area (Å²) in [5.41, 5.74) is 1.25. The van der Waals surface area contributed by atoms with Gasteiger partial charge in [-0.1, -0.05) is 6.07 Å². The normalized spacial score (nSPS) is 17.6. The van der Waals surface area contributed by atoms with Crippen LogP contribution in [0.1, 0.15) is 33.6 Å². The number of fused-ring (bicyclic) bond motifs is 1. The topological polar surface area (TPSA) is 32.6 Å². The van der Waals surface area contributed by atoms with Crippen molar-refractivity contribution in [3.8, 4) is 0 Å². The van der Waals surface area contributed by atoms with E-state index in [1.807, 2.05) is 6.20 Å². The van der Waals surface area contributed by atoms with Gasteiger partial charge in [-0.3, -0.25) is 4.40 Å². The number of aromatic nitrogens is 2. The molecule has 1 N–H and O–H groups in total. The molecular weight excluding hydrogens is 260 g/mol. The molecule has 2 aromatic rings. The third-order valence-corrected chi connectivity index (χ3v) is 4.27. The first kappa shape index (κ1) is 14.4. The molecule has 2 aromatic heterocycles. The molecule has 0 atom stereocenters. The minimum Gasteiger partial charge on any atom is -0.358 e. The summed E-state index contributed by atoms with van der Waals surface area (Å²) >= 11 is 0. The van der Waals surface area contributed by atoms with Crippen LogP contribution in [0.25, 0.3) is 5.65 Å². The molecule has 1 aliphatic heterocycles. The first-order valence-electron chi connectivity index (χ1n) is 7.95. The Kier molecular flexibility index (Phi) is 3.89. The Hall–Kier alpha value is -1.55. The highest BCUT2D eigenvalue weighted by Crippen LogP contribution is 2.24. The van der Waals surface area contributed by atoms with E-state index < -0.39 is 0 Å². The minimum absolute atomic E-state index is 0.222. The van der Waals surface area contributed by atoms with Crippen molar-refractivity contribution in [1.29, 1.82) is 0 Å². The van der Waals surface area contributed by atoms with Gasteiger partial charge in [0, 0.05) is 31.0 Å². The fraction of sp³-hybridized carbons (Fsp3) is 0.588. The van der Waals surface area contributed by atoms with Gasteiger partial charge in [0.1, 0.15) is 11.5 Å². The summed E-state index contributed by atoms with van der Waals surface area (Å²) in [6, 6.07) is 6.36. The Bertz CT molecular complexity index is 588. The van der Waals surface area contributed by atoms with Gasteiger partial charge in [0.25, 0.3) is 0 Å². The van der Waals surface area contributed by atoms with E-state index >= 15 is 0 Å². The van der Waals surface area contributed by atoms with Crippen molar-refractivity contribution < 1.29 is 0 Å². The Morgan fingerprint density at radius 3 is 2.71 bits per heavy atom. The Morgan fingerprint density at radius 2 is 2.00 bits per heavy atom. The molecule has 0 aliphatic carbocycles. The molecule has 4 nitrogen and oxygen atoms in total.